The number of benzene rings is 3. The number of nitrogens with zero attached hydrogens (tertiary/aromatic N) is 1. The molecule has 0 saturated heterocycles. The molecule has 3 rings (SSSR count). The van der Waals surface area contributed by atoms with Crippen molar-refractivity contribution in [1.82, 2.24) is 5.43 Å². The quantitative estimate of drug-likeness (QED) is 0.407. The van der Waals surface area contributed by atoms with Crippen molar-refractivity contribution in [2.75, 3.05) is 6.61 Å². The first-order chi connectivity index (χ1) is 14.5. The van der Waals surface area contributed by atoms with Crippen molar-refractivity contribution in [3.63, 3.8) is 0 Å². The zero-order valence-corrected chi connectivity index (χ0v) is 17.6. The molecular formula is C24H23ClN2O3. The normalized spacial score (nSPS) is 10.8. The number of carbonyl (C=O) groups is 1. The van der Waals surface area contributed by atoms with Crippen molar-refractivity contribution in [3.05, 3.63) is 94.0 Å². The lowest BCUT2D eigenvalue weighted by Crippen LogP contribution is -2.24. The highest BCUT2D eigenvalue weighted by molar-refractivity contribution is 6.30. The predicted molar refractivity (Wildman–Crippen MR) is 119 cm³/mol. The van der Waals surface area contributed by atoms with Crippen LogP contribution in [0.5, 0.6) is 11.5 Å². The molecule has 154 valence electrons. The lowest BCUT2D eigenvalue weighted by molar-refractivity contribution is -0.123. The van der Waals surface area contributed by atoms with Crippen molar-refractivity contribution in [2.24, 2.45) is 5.10 Å². The minimum absolute atomic E-state index is 0.133. The zero-order valence-electron chi connectivity index (χ0n) is 16.9. The third-order valence-electron chi connectivity index (χ3n) is 4.30. The van der Waals surface area contributed by atoms with Crippen molar-refractivity contribution in [1.29, 1.82) is 0 Å². The van der Waals surface area contributed by atoms with Gasteiger partial charge >= 0.3 is 0 Å². The van der Waals surface area contributed by atoms with E-state index >= 15 is 0 Å². The molecule has 0 fully saturated rings. The fourth-order valence-electron chi connectivity index (χ4n) is 2.63. The highest BCUT2D eigenvalue weighted by Gasteiger charge is 2.04. The molecule has 1 N–H and O–H groups in total. The van der Waals surface area contributed by atoms with E-state index < -0.39 is 0 Å². The Bertz CT molecular complexity index is 1020. The van der Waals surface area contributed by atoms with Gasteiger partial charge in [-0.3, -0.25) is 4.79 Å². The summed E-state index contributed by atoms with van der Waals surface area (Å²) in [5.74, 6) is 1.03. The number of carbonyl (C=O) groups excluding carboxylic acids is 1. The largest absolute Gasteiger partial charge is 0.489 e. The summed E-state index contributed by atoms with van der Waals surface area (Å²) in [5, 5.41) is 4.58. The predicted octanol–water partition coefficient (Wildman–Crippen LogP) is 5.06. The Hall–Kier alpha value is -3.31. The maximum Gasteiger partial charge on any atom is 0.277 e. The second kappa shape index (κ2) is 10.5. The van der Waals surface area contributed by atoms with Gasteiger partial charge in [-0.05, 0) is 73.0 Å². The number of halogens is 1. The Morgan fingerprint density at radius 1 is 1.00 bits per heavy atom. The van der Waals surface area contributed by atoms with Gasteiger partial charge in [0.2, 0.25) is 0 Å². The average molecular weight is 423 g/mol. The van der Waals surface area contributed by atoms with Gasteiger partial charge in [0.25, 0.3) is 5.91 Å². The van der Waals surface area contributed by atoms with E-state index in [0.29, 0.717) is 17.4 Å². The smallest absolute Gasteiger partial charge is 0.277 e. The number of aryl methyl sites for hydroxylation is 2. The molecule has 0 aliphatic heterocycles. The van der Waals surface area contributed by atoms with Crippen molar-refractivity contribution in [2.45, 2.75) is 20.5 Å². The molecule has 0 aromatic heterocycles. The summed E-state index contributed by atoms with van der Waals surface area (Å²) < 4.78 is 11.3. The molecule has 0 radical (unpaired) electrons. The molecule has 5 nitrogen and oxygen atoms in total. The van der Waals surface area contributed by atoms with Crippen LogP contribution >= 0.6 is 11.6 Å². The lowest BCUT2D eigenvalue weighted by atomic mass is 10.2. The first-order valence-electron chi connectivity index (χ1n) is 9.49. The second-order valence-corrected chi connectivity index (χ2v) is 7.27. The first kappa shape index (κ1) is 21.4. The SMILES string of the molecule is Cc1ccc(COc2ccc(/C=N/NC(=O)COc3ccc(Cl)cc3C)cc2)cc1. The van der Waals surface area contributed by atoms with E-state index in [1.807, 2.05) is 31.2 Å². The average Bonchev–Trinajstić information content (AvgIpc) is 2.74. The molecule has 6 heteroatoms. The van der Waals surface area contributed by atoms with E-state index in [1.54, 1.807) is 24.4 Å². The fourth-order valence-corrected chi connectivity index (χ4v) is 2.86. The van der Waals surface area contributed by atoms with E-state index in [1.165, 1.54) is 5.56 Å². The van der Waals surface area contributed by atoms with Gasteiger partial charge in [-0.1, -0.05) is 41.4 Å². The van der Waals surface area contributed by atoms with Crippen molar-refractivity contribution in [3.8, 4) is 11.5 Å². The summed E-state index contributed by atoms with van der Waals surface area (Å²) in [6.07, 6.45) is 1.56. The van der Waals surface area contributed by atoms with Crippen LogP contribution in [0.25, 0.3) is 0 Å². The third-order valence-corrected chi connectivity index (χ3v) is 4.54. The Labute approximate surface area is 181 Å². The zero-order chi connectivity index (χ0) is 21.3. The number of nitrogens with one attached hydrogen (secondary N) is 1. The minimum Gasteiger partial charge on any atom is -0.489 e. The molecule has 30 heavy (non-hydrogen) atoms. The van der Waals surface area contributed by atoms with Crippen LogP contribution in [0.4, 0.5) is 0 Å². The van der Waals surface area contributed by atoms with Gasteiger partial charge in [-0.25, -0.2) is 5.43 Å². The van der Waals surface area contributed by atoms with E-state index in [0.717, 1.165) is 22.4 Å². The molecule has 0 heterocycles. The summed E-state index contributed by atoms with van der Waals surface area (Å²) in [7, 11) is 0. The highest BCUT2D eigenvalue weighted by Crippen LogP contribution is 2.21. The maximum atomic E-state index is 11.9. The van der Waals surface area contributed by atoms with E-state index in [9.17, 15) is 4.79 Å². The number of amides is 1. The maximum absolute atomic E-state index is 11.9. The van der Waals surface area contributed by atoms with Gasteiger partial charge < -0.3 is 9.47 Å². The van der Waals surface area contributed by atoms with Crippen LogP contribution in [0.1, 0.15) is 22.3 Å². The van der Waals surface area contributed by atoms with Crippen LogP contribution in [0, 0.1) is 13.8 Å². The molecule has 0 spiro atoms. The summed E-state index contributed by atoms with van der Waals surface area (Å²) in [6.45, 7) is 4.30. The Balaban J connectivity index is 1.43. The molecule has 0 aliphatic carbocycles. The van der Waals surface area contributed by atoms with Gasteiger partial charge in [0.15, 0.2) is 6.61 Å². The minimum atomic E-state index is -0.348. The van der Waals surface area contributed by atoms with Crippen LogP contribution in [0.2, 0.25) is 5.02 Å². The number of hydrogen-bond acceptors (Lipinski definition) is 4. The summed E-state index contributed by atoms with van der Waals surface area (Å²) in [4.78, 5) is 11.9. The van der Waals surface area contributed by atoms with Gasteiger partial charge in [0, 0.05) is 5.02 Å². The van der Waals surface area contributed by atoms with Crippen LogP contribution in [0.15, 0.2) is 71.8 Å². The molecule has 0 saturated carbocycles. The standard InChI is InChI=1S/C24H23ClN2O3/c1-17-3-5-20(6-4-17)15-29-22-10-7-19(8-11-22)14-26-27-24(28)16-30-23-12-9-21(25)13-18(23)2/h3-14H,15-16H2,1-2H3,(H,27,28)/b26-14+. The molecule has 0 aliphatic rings. The molecule has 1 amide bonds. The number of hydrazone groups is 1. The fraction of sp³-hybridized carbons (Fsp3) is 0.167. The topological polar surface area (TPSA) is 59.9 Å². The van der Waals surface area contributed by atoms with Crippen LogP contribution in [0.3, 0.4) is 0 Å². The molecule has 0 atom stereocenters. The van der Waals surface area contributed by atoms with Gasteiger partial charge in [-0.2, -0.15) is 5.10 Å². The van der Waals surface area contributed by atoms with E-state index in [-0.39, 0.29) is 12.5 Å². The van der Waals surface area contributed by atoms with Crippen LogP contribution < -0.4 is 14.9 Å². The molecule has 3 aromatic rings. The van der Waals surface area contributed by atoms with E-state index in [2.05, 4.69) is 41.7 Å². The van der Waals surface area contributed by atoms with E-state index in [4.69, 9.17) is 21.1 Å². The molecule has 0 unspecified atom stereocenters. The number of ether oxygens (including phenoxy) is 2. The molecular weight excluding hydrogens is 400 g/mol. The summed E-state index contributed by atoms with van der Waals surface area (Å²) in [5.41, 5.74) is 6.49. The second-order valence-electron chi connectivity index (χ2n) is 6.83. The first-order valence-corrected chi connectivity index (χ1v) is 9.87. The Morgan fingerprint density at radius 3 is 2.43 bits per heavy atom. The lowest BCUT2D eigenvalue weighted by Gasteiger charge is -2.08. The van der Waals surface area contributed by atoms with Crippen LogP contribution in [-0.2, 0) is 11.4 Å². The van der Waals surface area contributed by atoms with Crippen LogP contribution in [-0.4, -0.2) is 18.7 Å². The van der Waals surface area contributed by atoms with Gasteiger partial charge in [0.1, 0.15) is 18.1 Å². The van der Waals surface area contributed by atoms with Crippen molar-refractivity contribution >= 4 is 23.7 Å². The number of rotatable bonds is 8. The van der Waals surface area contributed by atoms with Crippen molar-refractivity contribution < 1.29 is 14.3 Å². The Morgan fingerprint density at radius 2 is 1.73 bits per heavy atom. The third kappa shape index (κ3) is 6.64. The van der Waals surface area contributed by atoms with Gasteiger partial charge in [-0.15, -0.1) is 0 Å². The summed E-state index contributed by atoms with van der Waals surface area (Å²) in [6, 6.07) is 20.9. The Kier molecular flexibility index (Phi) is 7.46. The molecule has 3 aromatic carbocycles. The monoisotopic (exact) mass is 422 g/mol. The highest BCUT2D eigenvalue weighted by atomic mass is 35.5. The summed E-state index contributed by atoms with van der Waals surface area (Å²) >= 11 is 5.91. The van der Waals surface area contributed by atoms with Gasteiger partial charge in [0.05, 0.1) is 6.21 Å². The molecule has 0 bridgehead atoms. The number of hydrogen-bond donors (Lipinski definition) is 1.